The molecule has 2 aliphatic rings. The molecule has 0 spiro atoms. The number of allylic oxidation sites excluding steroid dienone is 2. The van der Waals surface area contributed by atoms with Gasteiger partial charge in [-0.1, -0.05) is 26.8 Å². The highest BCUT2D eigenvalue weighted by atomic mass is 79.9. The molecule has 0 saturated heterocycles. The Bertz CT molecular complexity index is 723. The zero-order chi connectivity index (χ0) is 15.6. The Balaban J connectivity index is 2.30. The van der Waals surface area contributed by atoms with Crippen LogP contribution in [0.15, 0.2) is 16.3 Å². The van der Waals surface area contributed by atoms with Crippen LogP contribution in [0.2, 0.25) is 0 Å². The minimum atomic E-state index is -0.531. The average molecular weight is 348 g/mol. The van der Waals surface area contributed by atoms with Gasteiger partial charge in [0.15, 0.2) is 5.78 Å². The van der Waals surface area contributed by atoms with Crippen molar-refractivity contribution >= 4 is 21.7 Å². The zero-order valence-corrected chi connectivity index (χ0v) is 14.3. The van der Waals surface area contributed by atoms with Crippen LogP contribution in [0.1, 0.15) is 38.4 Å². The highest BCUT2D eigenvalue weighted by Gasteiger charge is 2.55. The van der Waals surface area contributed by atoms with Gasteiger partial charge in [0, 0.05) is 23.4 Å². The first kappa shape index (κ1) is 14.5. The molecule has 0 N–H and O–H groups in total. The Hall–Kier alpha value is -1.41. The van der Waals surface area contributed by atoms with E-state index >= 15 is 0 Å². The summed E-state index contributed by atoms with van der Waals surface area (Å²) >= 11 is 3.60. The van der Waals surface area contributed by atoms with E-state index in [0.29, 0.717) is 0 Å². The number of fused-ring (bicyclic) bond motifs is 3. The summed E-state index contributed by atoms with van der Waals surface area (Å²) in [4.78, 5) is 12.5. The van der Waals surface area contributed by atoms with Gasteiger partial charge in [0.1, 0.15) is 10.7 Å². The second-order valence-electron chi connectivity index (χ2n) is 6.84. The predicted octanol–water partition coefficient (Wildman–Crippen LogP) is 3.06. The number of rotatable bonds is 0. The maximum Gasteiger partial charge on any atom is 0.178 e. The summed E-state index contributed by atoms with van der Waals surface area (Å²) < 4.78 is 2.83. The molecular weight excluding hydrogens is 330 g/mol. The Morgan fingerprint density at radius 2 is 2.14 bits per heavy atom. The average Bonchev–Trinajstić information content (AvgIpc) is 2.72. The fourth-order valence-electron chi connectivity index (χ4n) is 4.19. The van der Waals surface area contributed by atoms with Gasteiger partial charge in [0.25, 0.3) is 0 Å². The van der Waals surface area contributed by atoms with Gasteiger partial charge in [-0.25, -0.2) is 0 Å². The molecule has 110 valence electrons. The van der Waals surface area contributed by atoms with Gasteiger partial charge < -0.3 is 0 Å². The van der Waals surface area contributed by atoms with E-state index in [-0.39, 0.29) is 22.7 Å². The summed E-state index contributed by atoms with van der Waals surface area (Å²) in [5, 5.41) is 14.0. The summed E-state index contributed by atoms with van der Waals surface area (Å²) in [6.07, 6.45) is 3.70. The van der Waals surface area contributed by atoms with Crippen LogP contribution in [0, 0.1) is 22.7 Å². The largest absolute Gasteiger partial charge is 0.293 e. The number of halogens is 1. The number of aromatic nitrogens is 2. The molecule has 0 aliphatic heterocycles. The number of carbonyl (C=O) groups excluding carboxylic acids is 1. The predicted molar refractivity (Wildman–Crippen MR) is 82.6 cm³/mol. The van der Waals surface area contributed by atoms with Gasteiger partial charge in [0.2, 0.25) is 0 Å². The Kier molecular flexibility index (Phi) is 2.97. The van der Waals surface area contributed by atoms with Crippen molar-refractivity contribution in [2.75, 3.05) is 0 Å². The number of aryl methyl sites for hydroxylation is 1. The minimum Gasteiger partial charge on any atom is -0.293 e. The van der Waals surface area contributed by atoms with Crippen molar-refractivity contribution in [1.29, 1.82) is 5.26 Å². The second-order valence-corrected chi connectivity index (χ2v) is 7.59. The molecule has 2 aliphatic carbocycles. The van der Waals surface area contributed by atoms with Crippen LogP contribution in [-0.4, -0.2) is 15.6 Å². The van der Waals surface area contributed by atoms with Crippen molar-refractivity contribution < 1.29 is 4.79 Å². The fourth-order valence-corrected chi connectivity index (χ4v) is 4.65. The molecule has 21 heavy (non-hydrogen) atoms. The third-order valence-corrected chi connectivity index (χ3v) is 6.24. The van der Waals surface area contributed by atoms with E-state index < -0.39 is 5.41 Å². The van der Waals surface area contributed by atoms with E-state index in [2.05, 4.69) is 34.0 Å². The maximum atomic E-state index is 12.5. The van der Waals surface area contributed by atoms with Crippen LogP contribution in [0.3, 0.4) is 0 Å². The van der Waals surface area contributed by atoms with Crippen LogP contribution in [0.25, 0.3) is 0 Å². The van der Waals surface area contributed by atoms with Crippen molar-refractivity contribution in [2.45, 2.75) is 39.0 Å². The van der Waals surface area contributed by atoms with Gasteiger partial charge in [-0.05, 0) is 34.7 Å². The second kappa shape index (κ2) is 4.30. The summed E-state index contributed by atoms with van der Waals surface area (Å²) in [7, 11) is 1.91. The van der Waals surface area contributed by atoms with Crippen molar-refractivity contribution in [2.24, 2.45) is 18.4 Å². The molecule has 0 amide bonds. The molecule has 0 aromatic carbocycles. The van der Waals surface area contributed by atoms with Crippen LogP contribution in [0.4, 0.5) is 0 Å². The molecule has 1 aromatic rings. The standard InChI is InChI=1S/C16H18BrN3O/c1-15(2)11-6-5-10-12(19-20(4)14(10)17)16(11,3)7-9(8-18)13(15)21/h7,11H,5-6H2,1-4H3/t11?,16-/m0/s1. The van der Waals surface area contributed by atoms with E-state index in [9.17, 15) is 10.1 Å². The maximum absolute atomic E-state index is 12.5. The number of nitriles is 1. The van der Waals surface area contributed by atoms with Gasteiger partial charge >= 0.3 is 0 Å². The number of Topliss-reactive ketones (excluding diaryl/α,β-unsaturated/α-hetero) is 1. The quantitative estimate of drug-likeness (QED) is 0.724. The lowest BCUT2D eigenvalue weighted by molar-refractivity contribution is -0.128. The van der Waals surface area contributed by atoms with Crippen molar-refractivity contribution in [3.63, 3.8) is 0 Å². The van der Waals surface area contributed by atoms with Crippen LogP contribution in [-0.2, 0) is 23.7 Å². The fraction of sp³-hybridized carbons (Fsp3) is 0.562. The van der Waals surface area contributed by atoms with E-state index in [0.717, 1.165) is 23.1 Å². The lowest BCUT2D eigenvalue weighted by Gasteiger charge is -2.49. The van der Waals surface area contributed by atoms with Crippen molar-refractivity contribution in [3.8, 4) is 6.07 Å². The molecule has 1 heterocycles. The highest BCUT2D eigenvalue weighted by Crippen LogP contribution is 2.54. The molecular formula is C16H18BrN3O. The van der Waals surface area contributed by atoms with E-state index in [1.54, 1.807) is 0 Å². The highest BCUT2D eigenvalue weighted by molar-refractivity contribution is 9.10. The normalized spacial score (nSPS) is 30.2. The monoisotopic (exact) mass is 347 g/mol. The smallest absolute Gasteiger partial charge is 0.178 e. The third-order valence-electron chi connectivity index (χ3n) is 5.25. The van der Waals surface area contributed by atoms with Gasteiger partial charge in [0.05, 0.1) is 11.3 Å². The molecule has 0 saturated carbocycles. The first-order valence-electron chi connectivity index (χ1n) is 7.13. The van der Waals surface area contributed by atoms with Crippen molar-refractivity contribution in [1.82, 2.24) is 9.78 Å². The van der Waals surface area contributed by atoms with E-state index in [1.807, 2.05) is 31.7 Å². The van der Waals surface area contributed by atoms with Gasteiger partial charge in [-0.2, -0.15) is 10.4 Å². The van der Waals surface area contributed by atoms with Gasteiger partial charge in [-0.15, -0.1) is 0 Å². The Morgan fingerprint density at radius 3 is 2.76 bits per heavy atom. The molecule has 0 bridgehead atoms. The Labute approximate surface area is 133 Å². The SMILES string of the molecule is Cn1nc2c(c1Br)CCC1C(C)(C)C(=O)C(C#N)=C[C@]21C. The number of hydrogen-bond donors (Lipinski definition) is 0. The lowest BCUT2D eigenvalue weighted by atomic mass is 9.52. The molecule has 0 fully saturated rings. The lowest BCUT2D eigenvalue weighted by Crippen LogP contribution is -2.51. The molecule has 1 unspecified atom stereocenters. The van der Waals surface area contributed by atoms with E-state index in [4.69, 9.17) is 0 Å². The number of nitrogens with zero attached hydrogens (tertiary/aromatic N) is 3. The summed E-state index contributed by atoms with van der Waals surface area (Å²) in [5.41, 5.74) is 1.58. The summed E-state index contributed by atoms with van der Waals surface area (Å²) in [5.74, 6) is 0.134. The minimum absolute atomic E-state index is 0.0362. The zero-order valence-electron chi connectivity index (χ0n) is 12.7. The molecule has 5 heteroatoms. The first-order valence-corrected chi connectivity index (χ1v) is 7.92. The van der Waals surface area contributed by atoms with Gasteiger partial charge in [-0.3, -0.25) is 9.48 Å². The van der Waals surface area contributed by atoms with Crippen LogP contribution < -0.4 is 0 Å². The Morgan fingerprint density at radius 1 is 1.48 bits per heavy atom. The topological polar surface area (TPSA) is 58.7 Å². The first-order chi connectivity index (χ1) is 9.73. The molecule has 4 nitrogen and oxygen atoms in total. The molecule has 1 aromatic heterocycles. The molecule has 0 radical (unpaired) electrons. The number of hydrogen-bond acceptors (Lipinski definition) is 3. The summed E-state index contributed by atoms with van der Waals surface area (Å²) in [6, 6.07) is 2.09. The number of ketones is 1. The van der Waals surface area contributed by atoms with Crippen molar-refractivity contribution in [3.05, 3.63) is 27.5 Å². The van der Waals surface area contributed by atoms with Crippen LogP contribution >= 0.6 is 15.9 Å². The van der Waals surface area contributed by atoms with Crippen LogP contribution in [0.5, 0.6) is 0 Å². The molecule has 2 atom stereocenters. The number of carbonyl (C=O) groups is 1. The third kappa shape index (κ3) is 1.72. The summed E-state index contributed by atoms with van der Waals surface area (Å²) in [6.45, 7) is 6.04. The molecule has 3 rings (SSSR count). The van der Waals surface area contributed by atoms with E-state index in [1.165, 1.54) is 5.56 Å².